The third-order valence-corrected chi connectivity index (χ3v) is 2.20. The summed E-state index contributed by atoms with van der Waals surface area (Å²) in [4.78, 5) is 0. The molecule has 0 nitrogen and oxygen atoms in total. The zero-order chi connectivity index (χ0) is 8.53. The average molecular weight is 499 g/mol. The summed E-state index contributed by atoms with van der Waals surface area (Å²) in [5.41, 5.74) is 0. The van der Waals surface area contributed by atoms with Crippen molar-refractivity contribution < 1.29 is 77.1 Å². The van der Waals surface area contributed by atoms with Crippen LogP contribution in [0.1, 0.15) is 6.92 Å². The van der Waals surface area contributed by atoms with E-state index >= 15 is 0 Å². The van der Waals surface area contributed by atoms with Gasteiger partial charge in [-0.1, -0.05) is 0 Å². The van der Waals surface area contributed by atoms with Crippen molar-refractivity contribution in [1.29, 1.82) is 0 Å². The number of halogens is 3. The van der Waals surface area contributed by atoms with Gasteiger partial charge in [-0.15, -0.1) is 7.92 Å². The molecule has 0 aliphatic rings. The fraction of sp³-hybridized carbons (Fsp3) is 0.400. The first-order valence-corrected chi connectivity index (χ1v) is 6.28. The van der Waals surface area contributed by atoms with Gasteiger partial charge in [-0.2, -0.15) is 31.3 Å². The van der Waals surface area contributed by atoms with Crippen LogP contribution in [0.2, 0.25) is 0 Å². The minimum absolute atomic E-state index is 0. The number of hydrogen-bond donors (Lipinski definition) is 0. The Morgan fingerprint density at radius 1 is 1.07 bits per heavy atom. The van der Waals surface area contributed by atoms with Crippen molar-refractivity contribution in [3.8, 4) is 0 Å². The van der Waals surface area contributed by atoms with E-state index in [1.54, 1.807) is 0 Å². The first kappa shape index (κ1) is 30.3. The Morgan fingerprint density at radius 2 is 1.47 bits per heavy atom. The van der Waals surface area contributed by atoms with Crippen LogP contribution in [-0.2, 0) is 26.2 Å². The Morgan fingerprint density at radius 3 is 1.53 bits per heavy atom. The fourth-order valence-electron chi connectivity index (χ4n) is 0.686. The molecule has 0 aromatic heterocycles. The minimum atomic E-state index is 0. The summed E-state index contributed by atoms with van der Waals surface area (Å²) in [5.74, 6) is 0. The molecular weight excluding hydrogens is 482 g/mol. The molecule has 1 aromatic rings. The van der Waals surface area contributed by atoms with Gasteiger partial charge >= 0.3 is 26.2 Å². The Balaban J connectivity index is -0.0000000352. The van der Waals surface area contributed by atoms with Crippen LogP contribution in [0.15, 0.2) is 30.3 Å². The second kappa shape index (κ2) is 25.1. The van der Waals surface area contributed by atoms with E-state index in [0.29, 0.717) is 7.92 Å². The summed E-state index contributed by atoms with van der Waals surface area (Å²) in [7, 11) is 0.344. The normalized spacial score (nSPS) is 6.67. The average Bonchev–Trinajstić information content (AvgIpc) is 2.41. The topological polar surface area (TPSA) is 0 Å². The van der Waals surface area contributed by atoms with Gasteiger partial charge in [-0.3, -0.25) is 0 Å². The quantitative estimate of drug-likeness (QED) is 0.282. The van der Waals surface area contributed by atoms with Gasteiger partial charge in [0.2, 0.25) is 0 Å². The molecule has 0 heterocycles. The Labute approximate surface area is 147 Å². The predicted molar refractivity (Wildman–Crippen MR) is 55.6 cm³/mol. The summed E-state index contributed by atoms with van der Waals surface area (Å²) >= 11 is 0. The zero-order valence-corrected chi connectivity index (χ0v) is 17.4. The molecule has 15 heavy (non-hydrogen) atoms. The van der Waals surface area contributed by atoms with Crippen molar-refractivity contribution in [3.63, 3.8) is 0 Å². The number of hydrogen-bond acceptors (Lipinski definition) is 0. The first-order valence-electron chi connectivity index (χ1n) is 3.86. The van der Waals surface area contributed by atoms with Gasteiger partial charge in [0.05, 0.1) is 0 Å². The number of rotatable bonds is 2. The van der Waals surface area contributed by atoms with Crippen LogP contribution in [0.3, 0.4) is 0 Å². The molecule has 1 aromatic carbocycles. The van der Waals surface area contributed by atoms with Gasteiger partial charge in [0.1, 0.15) is 0 Å². The zero-order valence-electron chi connectivity index (χ0n) is 9.25. The van der Waals surface area contributed by atoms with Crippen LogP contribution in [-0.4, -0.2) is 19.5 Å². The Bertz CT molecular complexity index is 129. The summed E-state index contributed by atoms with van der Waals surface area (Å²) < 4.78 is 0. The molecule has 1 radical (unpaired) electrons. The molecule has 89 valence electrons. The SMILES string of the molecule is C[CH-]CP(C)C.[Br-].[Br-].[Br-].[Zr+3].c1cc[cH-]c1. The second-order valence-corrected chi connectivity index (χ2v) is 5.16. The van der Waals surface area contributed by atoms with Crippen molar-refractivity contribution in [2.75, 3.05) is 19.5 Å². The van der Waals surface area contributed by atoms with Gasteiger partial charge in [-0.05, 0) is 13.3 Å². The monoisotopic (exact) mass is 495 g/mol. The summed E-state index contributed by atoms with van der Waals surface area (Å²) in [6, 6.07) is 10.0. The van der Waals surface area contributed by atoms with Gasteiger partial charge in [0.25, 0.3) is 0 Å². The third kappa shape index (κ3) is 31.4. The molecule has 0 bridgehead atoms. The first-order chi connectivity index (χ1) is 5.27. The van der Waals surface area contributed by atoms with Gasteiger partial charge in [0.15, 0.2) is 0 Å². The Kier molecular flexibility index (Phi) is 50.6. The van der Waals surface area contributed by atoms with Crippen LogP contribution in [0.5, 0.6) is 0 Å². The fourth-order valence-corrected chi connectivity index (χ4v) is 1.42. The summed E-state index contributed by atoms with van der Waals surface area (Å²) in [5, 5.41) is 0. The molecule has 0 spiro atoms. The summed E-state index contributed by atoms with van der Waals surface area (Å²) in [6.07, 6.45) is 3.54. The predicted octanol–water partition coefficient (Wildman–Crippen LogP) is -5.63. The Hall–Kier alpha value is 2.10. The molecule has 0 fully saturated rings. The van der Waals surface area contributed by atoms with E-state index in [1.807, 2.05) is 30.3 Å². The maximum Gasteiger partial charge on any atom is 3.00 e. The molecular formula is C10H17Br3PZr-2. The molecule has 5 heteroatoms. The van der Waals surface area contributed by atoms with Crippen molar-refractivity contribution in [1.82, 2.24) is 0 Å². The van der Waals surface area contributed by atoms with E-state index in [-0.39, 0.29) is 77.1 Å². The molecule has 0 amide bonds. The van der Waals surface area contributed by atoms with Gasteiger partial charge in [0, 0.05) is 0 Å². The van der Waals surface area contributed by atoms with E-state index in [4.69, 9.17) is 0 Å². The maximum atomic E-state index is 2.29. The maximum absolute atomic E-state index is 2.29. The smallest absolute Gasteiger partial charge is 1.00 e. The molecule has 0 saturated carbocycles. The molecule has 0 atom stereocenters. The standard InChI is InChI=1S/C5H12P.C5H5.3BrH.Zr/c1-4-5-6(2)3;1-2-4-5-3-1;;;;/h4H,5H2,1-3H3;1-5H;3*1H;/q2*-1;;;;+3/p-3. The van der Waals surface area contributed by atoms with Gasteiger partial charge in [-0.25, -0.2) is 12.1 Å². The minimum Gasteiger partial charge on any atom is -1.00 e. The van der Waals surface area contributed by atoms with Crippen molar-refractivity contribution in [3.05, 3.63) is 36.8 Å². The van der Waals surface area contributed by atoms with E-state index in [1.165, 1.54) is 6.16 Å². The third-order valence-electron chi connectivity index (χ3n) is 1.10. The molecule has 0 aliphatic carbocycles. The molecule has 0 unspecified atom stereocenters. The van der Waals surface area contributed by atoms with Crippen LogP contribution in [0, 0.1) is 6.42 Å². The van der Waals surface area contributed by atoms with Crippen LogP contribution < -0.4 is 50.9 Å². The van der Waals surface area contributed by atoms with Crippen molar-refractivity contribution in [2.24, 2.45) is 0 Å². The van der Waals surface area contributed by atoms with Gasteiger partial charge < -0.3 is 57.4 Å². The second-order valence-electron chi connectivity index (χ2n) is 2.63. The largest absolute Gasteiger partial charge is 3.00 e. The van der Waals surface area contributed by atoms with E-state index in [9.17, 15) is 0 Å². The molecule has 0 N–H and O–H groups in total. The van der Waals surface area contributed by atoms with Crippen LogP contribution >= 0.6 is 7.92 Å². The molecule has 0 aliphatic heterocycles. The van der Waals surface area contributed by atoms with Crippen LogP contribution in [0.25, 0.3) is 0 Å². The molecule has 0 saturated heterocycles. The molecule has 1 rings (SSSR count). The van der Waals surface area contributed by atoms with E-state index in [0.717, 1.165) is 0 Å². The van der Waals surface area contributed by atoms with Crippen LogP contribution in [0.4, 0.5) is 0 Å². The van der Waals surface area contributed by atoms with Crippen molar-refractivity contribution >= 4 is 7.92 Å². The van der Waals surface area contributed by atoms with E-state index in [2.05, 4.69) is 26.7 Å². The summed E-state index contributed by atoms with van der Waals surface area (Å²) in [6.45, 7) is 6.69. The van der Waals surface area contributed by atoms with Crippen molar-refractivity contribution in [2.45, 2.75) is 6.92 Å². The van der Waals surface area contributed by atoms with E-state index < -0.39 is 0 Å².